The Hall–Kier alpha value is -0.460. The fourth-order valence-electron chi connectivity index (χ4n) is 4.35. The standard InChI is InChI=1S/C20H37NO4S/c1-5-6-12-24-19(23)21-16(13-15-10-8-7-9-11-15)18(17(22)14-26-4)25-20(21,2)3/h15-18,22H,5-14H2,1-4H3. The maximum Gasteiger partial charge on any atom is 0.412 e. The minimum Gasteiger partial charge on any atom is -0.449 e. The molecule has 0 aromatic heterocycles. The van der Waals surface area contributed by atoms with Gasteiger partial charge in [-0.1, -0.05) is 45.4 Å². The number of rotatable bonds is 8. The monoisotopic (exact) mass is 387 g/mol. The molecule has 3 atom stereocenters. The van der Waals surface area contributed by atoms with Crippen molar-refractivity contribution in [3.05, 3.63) is 0 Å². The number of unbranched alkanes of at least 4 members (excludes halogenated alkanes) is 1. The van der Waals surface area contributed by atoms with Crippen molar-refractivity contribution in [1.82, 2.24) is 4.90 Å². The van der Waals surface area contributed by atoms with Crippen molar-refractivity contribution < 1.29 is 19.4 Å². The highest BCUT2D eigenvalue weighted by Gasteiger charge is 2.53. The SMILES string of the molecule is CCCCOC(=O)N1C(CC2CCCCC2)C(C(O)CSC)OC1(C)C. The number of ether oxygens (including phenoxy) is 2. The van der Waals surface area contributed by atoms with E-state index in [2.05, 4.69) is 6.92 Å². The van der Waals surface area contributed by atoms with Crippen LogP contribution in [0.4, 0.5) is 4.79 Å². The molecule has 1 saturated carbocycles. The Labute approximate surface area is 163 Å². The van der Waals surface area contributed by atoms with Gasteiger partial charge in [-0.15, -0.1) is 0 Å². The summed E-state index contributed by atoms with van der Waals surface area (Å²) in [4.78, 5) is 14.6. The predicted molar refractivity (Wildman–Crippen MR) is 106 cm³/mol. The molecule has 3 unspecified atom stereocenters. The van der Waals surface area contributed by atoms with Crippen LogP contribution in [0.15, 0.2) is 0 Å². The molecule has 1 aliphatic carbocycles. The average molecular weight is 388 g/mol. The molecule has 6 heteroatoms. The molecule has 1 saturated heterocycles. The summed E-state index contributed by atoms with van der Waals surface area (Å²) < 4.78 is 11.7. The van der Waals surface area contributed by atoms with Gasteiger partial charge in [0.25, 0.3) is 0 Å². The summed E-state index contributed by atoms with van der Waals surface area (Å²) >= 11 is 1.61. The van der Waals surface area contributed by atoms with Crippen LogP contribution in [-0.4, -0.2) is 58.7 Å². The molecule has 0 radical (unpaired) electrons. The molecule has 0 bridgehead atoms. The lowest BCUT2D eigenvalue weighted by Crippen LogP contribution is -2.50. The number of hydrogen-bond acceptors (Lipinski definition) is 5. The zero-order valence-corrected chi connectivity index (χ0v) is 17.7. The number of aliphatic hydroxyl groups excluding tert-OH is 1. The molecule has 2 aliphatic rings. The highest BCUT2D eigenvalue weighted by molar-refractivity contribution is 7.98. The van der Waals surface area contributed by atoms with E-state index >= 15 is 0 Å². The Balaban J connectivity index is 2.16. The van der Waals surface area contributed by atoms with Crippen LogP contribution in [0.5, 0.6) is 0 Å². The van der Waals surface area contributed by atoms with Gasteiger partial charge in [-0.25, -0.2) is 4.79 Å². The van der Waals surface area contributed by atoms with Gasteiger partial charge in [0.05, 0.1) is 18.8 Å². The molecule has 1 N–H and O–H groups in total. The number of aliphatic hydroxyl groups is 1. The predicted octanol–water partition coefficient (Wildman–Crippen LogP) is 4.42. The Morgan fingerprint density at radius 3 is 2.65 bits per heavy atom. The number of thioether (sulfide) groups is 1. The van der Waals surface area contributed by atoms with Gasteiger partial charge in [-0.3, -0.25) is 4.90 Å². The molecule has 1 heterocycles. The Kier molecular flexibility index (Phi) is 8.55. The van der Waals surface area contributed by atoms with Gasteiger partial charge in [0.15, 0.2) is 0 Å². The second-order valence-corrected chi connectivity index (χ2v) is 9.11. The number of amides is 1. The topological polar surface area (TPSA) is 59.0 Å². The van der Waals surface area contributed by atoms with Crippen LogP contribution in [0.2, 0.25) is 0 Å². The summed E-state index contributed by atoms with van der Waals surface area (Å²) in [5.41, 5.74) is -0.757. The Bertz CT molecular complexity index is 440. The van der Waals surface area contributed by atoms with Gasteiger partial charge < -0.3 is 14.6 Å². The molecular weight excluding hydrogens is 350 g/mol. The van der Waals surface area contributed by atoms with E-state index in [0.29, 0.717) is 18.3 Å². The lowest BCUT2D eigenvalue weighted by molar-refractivity contribution is -0.0948. The molecular formula is C20H37NO4S. The van der Waals surface area contributed by atoms with E-state index in [-0.39, 0.29) is 18.2 Å². The van der Waals surface area contributed by atoms with Gasteiger partial charge in [0, 0.05) is 5.75 Å². The number of nitrogens with zero attached hydrogens (tertiary/aromatic N) is 1. The van der Waals surface area contributed by atoms with E-state index in [0.717, 1.165) is 19.3 Å². The Morgan fingerprint density at radius 1 is 1.35 bits per heavy atom. The van der Waals surface area contributed by atoms with Crippen molar-refractivity contribution in [3.63, 3.8) is 0 Å². The smallest absolute Gasteiger partial charge is 0.412 e. The van der Waals surface area contributed by atoms with Crippen molar-refractivity contribution >= 4 is 17.9 Å². The van der Waals surface area contributed by atoms with Crippen LogP contribution >= 0.6 is 11.8 Å². The lowest BCUT2D eigenvalue weighted by atomic mass is 9.83. The summed E-state index contributed by atoms with van der Waals surface area (Å²) in [5, 5.41) is 10.7. The van der Waals surface area contributed by atoms with Gasteiger partial charge in [0.2, 0.25) is 0 Å². The zero-order chi connectivity index (χ0) is 19.2. The number of hydrogen-bond donors (Lipinski definition) is 1. The lowest BCUT2D eigenvalue weighted by Gasteiger charge is -2.35. The summed E-state index contributed by atoms with van der Waals surface area (Å²) in [7, 11) is 0. The van der Waals surface area contributed by atoms with Gasteiger partial charge in [-0.05, 0) is 38.9 Å². The maximum atomic E-state index is 12.9. The highest BCUT2D eigenvalue weighted by atomic mass is 32.2. The van der Waals surface area contributed by atoms with E-state index in [1.54, 1.807) is 16.7 Å². The number of carbonyl (C=O) groups is 1. The van der Waals surface area contributed by atoms with Gasteiger partial charge in [-0.2, -0.15) is 11.8 Å². The first-order chi connectivity index (χ1) is 12.4. The Morgan fingerprint density at radius 2 is 2.04 bits per heavy atom. The largest absolute Gasteiger partial charge is 0.449 e. The second-order valence-electron chi connectivity index (χ2n) is 8.20. The van der Waals surface area contributed by atoms with Crippen LogP contribution in [0.1, 0.15) is 72.1 Å². The van der Waals surface area contributed by atoms with Crippen LogP contribution in [0.25, 0.3) is 0 Å². The molecule has 26 heavy (non-hydrogen) atoms. The molecule has 152 valence electrons. The molecule has 1 amide bonds. The van der Waals surface area contributed by atoms with Gasteiger partial charge in [0.1, 0.15) is 11.8 Å². The summed E-state index contributed by atoms with van der Waals surface area (Å²) in [6.07, 6.45) is 9.76. The maximum absolute atomic E-state index is 12.9. The normalized spacial score (nSPS) is 27.5. The van der Waals surface area contributed by atoms with E-state index in [9.17, 15) is 9.90 Å². The molecule has 0 spiro atoms. The zero-order valence-electron chi connectivity index (χ0n) is 16.9. The fraction of sp³-hybridized carbons (Fsp3) is 0.950. The van der Waals surface area contributed by atoms with Crippen molar-refractivity contribution in [2.24, 2.45) is 5.92 Å². The van der Waals surface area contributed by atoms with Crippen molar-refractivity contribution in [2.45, 2.75) is 96.1 Å². The third-order valence-electron chi connectivity index (χ3n) is 5.65. The van der Waals surface area contributed by atoms with Gasteiger partial charge >= 0.3 is 6.09 Å². The molecule has 2 rings (SSSR count). The first-order valence-electron chi connectivity index (χ1n) is 10.2. The van der Waals surface area contributed by atoms with Crippen molar-refractivity contribution in [3.8, 4) is 0 Å². The molecule has 0 aromatic carbocycles. The first kappa shape index (κ1) is 21.8. The minimum absolute atomic E-state index is 0.121. The summed E-state index contributed by atoms with van der Waals surface area (Å²) in [6, 6.07) is -0.121. The first-order valence-corrected chi connectivity index (χ1v) is 11.6. The quantitative estimate of drug-likeness (QED) is 0.625. The van der Waals surface area contributed by atoms with E-state index in [1.165, 1.54) is 32.1 Å². The third kappa shape index (κ3) is 5.52. The van der Waals surface area contributed by atoms with E-state index < -0.39 is 11.8 Å². The van der Waals surface area contributed by atoms with Crippen LogP contribution in [0, 0.1) is 5.92 Å². The van der Waals surface area contributed by atoms with Crippen molar-refractivity contribution in [1.29, 1.82) is 0 Å². The van der Waals surface area contributed by atoms with Crippen LogP contribution < -0.4 is 0 Å². The van der Waals surface area contributed by atoms with E-state index in [1.807, 2.05) is 20.1 Å². The number of carbonyl (C=O) groups excluding carboxylic acids is 1. The molecule has 2 fully saturated rings. The minimum atomic E-state index is -0.757. The summed E-state index contributed by atoms with van der Waals surface area (Å²) in [6.45, 7) is 6.34. The van der Waals surface area contributed by atoms with Crippen LogP contribution in [-0.2, 0) is 9.47 Å². The molecule has 1 aliphatic heterocycles. The van der Waals surface area contributed by atoms with Crippen molar-refractivity contribution in [2.75, 3.05) is 18.6 Å². The molecule has 0 aromatic rings. The third-order valence-corrected chi connectivity index (χ3v) is 6.33. The highest BCUT2D eigenvalue weighted by Crippen LogP contribution is 2.40. The van der Waals surface area contributed by atoms with E-state index in [4.69, 9.17) is 9.47 Å². The fourth-order valence-corrected chi connectivity index (χ4v) is 4.88. The summed E-state index contributed by atoms with van der Waals surface area (Å²) in [5.74, 6) is 1.21. The molecule has 5 nitrogen and oxygen atoms in total. The average Bonchev–Trinajstić information content (AvgIpc) is 2.87. The van der Waals surface area contributed by atoms with Crippen LogP contribution in [0.3, 0.4) is 0 Å². The second kappa shape index (κ2) is 10.2.